The number of nitrogens with one attached hydrogen (secondary N) is 1. The molecule has 1 aliphatic heterocycles. The molecule has 0 fully saturated rings. The zero-order valence-electron chi connectivity index (χ0n) is 14.2. The Labute approximate surface area is 155 Å². The van der Waals surface area contributed by atoms with Crippen LogP contribution in [-0.2, 0) is 13.0 Å². The number of hydrogen-bond acceptors (Lipinski definition) is 6. The fourth-order valence-electron chi connectivity index (χ4n) is 2.92. The highest BCUT2D eigenvalue weighted by Gasteiger charge is 2.19. The zero-order chi connectivity index (χ0) is 17.2. The molecule has 2 aromatic heterocycles. The van der Waals surface area contributed by atoms with Crippen molar-refractivity contribution >= 4 is 22.7 Å². The number of nitrogens with zero attached hydrogens (tertiary/aromatic N) is 1. The van der Waals surface area contributed by atoms with Crippen LogP contribution in [0.3, 0.4) is 0 Å². The minimum atomic E-state index is 0.210. The molecule has 1 aliphatic rings. The molecule has 130 valence electrons. The van der Waals surface area contributed by atoms with Crippen molar-refractivity contribution in [1.82, 2.24) is 10.3 Å². The van der Waals surface area contributed by atoms with E-state index in [9.17, 15) is 0 Å². The molecular weight excluding hydrogens is 352 g/mol. The van der Waals surface area contributed by atoms with Crippen molar-refractivity contribution in [2.45, 2.75) is 32.9 Å². The SMILES string of the molecule is Cc1csc([C@H](Cc2cccs2)NCc2cc3c(cc2C)OCO3)n1. The molecule has 0 bridgehead atoms. The van der Waals surface area contributed by atoms with Crippen LogP contribution >= 0.6 is 22.7 Å². The summed E-state index contributed by atoms with van der Waals surface area (Å²) in [6.07, 6.45) is 0.953. The normalized spacial score (nSPS) is 14.0. The van der Waals surface area contributed by atoms with E-state index in [1.54, 1.807) is 22.7 Å². The van der Waals surface area contributed by atoms with Gasteiger partial charge >= 0.3 is 0 Å². The number of hydrogen-bond donors (Lipinski definition) is 1. The molecule has 0 saturated heterocycles. The first-order chi connectivity index (χ1) is 12.2. The number of aryl methyl sites for hydroxylation is 2. The molecule has 4 nitrogen and oxygen atoms in total. The van der Waals surface area contributed by atoms with Crippen LogP contribution in [0.25, 0.3) is 0 Å². The summed E-state index contributed by atoms with van der Waals surface area (Å²) in [6.45, 7) is 5.24. The number of fused-ring (bicyclic) bond motifs is 1. The number of rotatable bonds is 6. The van der Waals surface area contributed by atoms with E-state index in [0.29, 0.717) is 6.79 Å². The Kier molecular flexibility index (Phi) is 4.74. The second kappa shape index (κ2) is 7.15. The second-order valence-electron chi connectivity index (χ2n) is 6.18. The van der Waals surface area contributed by atoms with Gasteiger partial charge in [0.15, 0.2) is 11.5 Å². The highest BCUT2D eigenvalue weighted by molar-refractivity contribution is 7.10. The molecule has 3 aromatic rings. The summed E-state index contributed by atoms with van der Waals surface area (Å²) in [7, 11) is 0. The van der Waals surface area contributed by atoms with Gasteiger partial charge < -0.3 is 14.8 Å². The maximum absolute atomic E-state index is 5.52. The maximum Gasteiger partial charge on any atom is 0.231 e. The van der Waals surface area contributed by atoms with Gasteiger partial charge in [0, 0.05) is 28.9 Å². The third-order valence-corrected chi connectivity index (χ3v) is 6.27. The van der Waals surface area contributed by atoms with E-state index in [2.05, 4.69) is 47.3 Å². The van der Waals surface area contributed by atoms with E-state index in [4.69, 9.17) is 14.5 Å². The summed E-state index contributed by atoms with van der Waals surface area (Å²) in [6, 6.07) is 8.64. The quantitative estimate of drug-likeness (QED) is 0.685. The van der Waals surface area contributed by atoms with Crippen molar-refractivity contribution in [1.29, 1.82) is 0 Å². The molecule has 0 saturated carbocycles. The van der Waals surface area contributed by atoms with Gasteiger partial charge in [-0.15, -0.1) is 22.7 Å². The summed E-state index contributed by atoms with van der Waals surface area (Å²) in [5, 5.41) is 9.08. The average molecular weight is 373 g/mol. The molecule has 0 spiro atoms. The molecule has 0 unspecified atom stereocenters. The smallest absolute Gasteiger partial charge is 0.231 e. The molecule has 6 heteroatoms. The summed E-state index contributed by atoms with van der Waals surface area (Å²) < 4.78 is 11.0. The highest BCUT2D eigenvalue weighted by Crippen LogP contribution is 2.35. The van der Waals surface area contributed by atoms with Crippen molar-refractivity contribution in [3.05, 3.63) is 61.7 Å². The molecule has 1 aromatic carbocycles. The Morgan fingerprint density at radius 2 is 2.04 bits per heavy atom. The van der Waals surface area contributed by atoms with Gasteiger partial charge in [-0.1, -0.05) is 6.07 Å². The molecular formula is C19H20N2O2S2. The van der Waals surface area contributed by atoms with Gasteiger partial charge in [-0.25, -0.2) is 4.98 Å². The number of thiazole rings is 1. The average Bonchev–Trinajstić information content (AvgIpc) is 3.32. The van der Waals surface area contributed by atoms with Crippen LogP contribution in [0, 0.1) is 13.8 Å². The van der Waals surface area contributed by atoms with Gasteiger partial charge in [-0.3, -0.25) is 0 Å². The third-order valence-electron chi connectivity index (χ3n) is 4.29. The first kappa shape index (κ1) is 16.6. The van der Waals surface area contributed by atoms with E-state index in [0.717, 1.165) is 35.2 Å². The van der Waals surface area contributed by atoms with Crippen LogP contribution in [0.4, 0.5) is 0 Å². The summed E-state index contributed by atoms with van der Waals surface area (Å²) in [5.74, 6) is 1.68. The van der Waals surface area contributed by atoms with Crippen LogP contribution in [0.1, 0.15) is 32.7 Å². The second-order valence-corrected chi connectivity index (χ2v) is 8.10. The first-order valence-corrected chi connectivity index (χ1v) is 10.0. The van der Waals surface area contributed by atoms with Crippen molar-refractivity contribution in [2.24, 2.45) is 0 Å². The molecule has 3 heterocycles. The molecule has 1 N–H and O–H groups in total. The van der Waals surface area contributed by atoms with Crippen LogP contribution in [-0.4, -0.2) is 11.8 Å². The number of benzene rings is 1. The van der Waals surface area contributed by atoms with Crippen molar-refractivity contribution in [3.63, 3.8) is 0 Å². The van der Waals surface area contributed by atoms with E-state index >= 15 is 0 Å². The number of ether oxygens (including phenoxy) is 2. The van der Waals surface area contributed by atoms with Gasteiger partial charge in [-0.2, -0.15) is 0 Å². The molecule has 1 atom stereocenters. The topological polar surface area (TPSA) is 43.4 Å². The largest absolute Gasteiger partial charge is 0.454 e. The minimum Gasteiger partial charge on any atom is -0.454 e. The molecule has 0 amide bonds. The van der Waals surface area contributed by atoms with E-state index in [1.807, 2.05) is 6.92 Å². The zero-order valence-corrected chi connectivity index (χ0v) is 15.9. The lowest BCUT2D eigenvalue weighted by molar-refractivity contribution is 0.174. The third kappa shape index (κ3) is 3.71. The van der Waals surface area contributed by atoms with Crippen LogP contribution in [0.2, 0.25) is 0 Å². The lowest BCUT2D eigenvalue weighted by atomic mass is 10.1. The minimum absolute atomic E-state index is 0.210. The Morgan fingerprint density at radius 3 is 2.76 bits per heavy atom. The lowest BCUT2D eigenvalue weighted by Crippen LogP contribution is -2.23. The summed E-state index contributed by atoms with van der Waals surface area (Å²) in [4.78, 5) is 6.07. The van der Waals surface area contributed by atoms with E-state index in [1.165, 1.54) is 16.0 Å². The van der Waals surface area contributed by atoms with Gasteiger partial charge in [-0.05, 0) is 48.6 Å². The fraction of sp³-hybridized carbons (Fsp3) is 0.316. The summed E-state index contributed by atoms with van der Waals surface area (Å²) >= 11 is 3.52. The standard InChI is InChI=1S/C19H20N2O2S2/c1-12-6-17-18(23-11-22-17)7-14(12)9-20-16(8-15-4-3-5-24-15)19-21-13(2)10-25-19/h3-7,10,16,20H,8-9,11H2,1-2H3/t16-/m0/s1. The van der Waals surface area contributed by atoms with E-state index in [-0.39, 0.29) is 6.04 Å². The Hall–Kier alpha value is -1.89. The van der Waals surface area contributed by atoms with Gasteiger partial charge in [0.1, 0.15) is 5.01 Å². The van der Waals surface area contributed by atoms with Crippen LogP contribution in [0.15, 0.2) is 35.0 Å². The molecule has 4 rings (SSSR count). The Morgan fingerprint density at radius 1 is 1.20 bits per heavy atom. The van der Waals surface area contributed by atoms with Crippen molar-refractivity contribution in [2.75, 3.05) is 6.79 Å². The van der Waals surface area contributed by atoms with Gasteiger partial charge in [0.2, 0.25) is 6.79 Å². The molecule has 25 heavy (non-hydrogen) atoms. The lowest BCUT2D eigenvalue weighted by Gasteiger charge is -2.17. The number of thiophene rings is 1. The monoisotopic (exact) mass is 372 g/mol. The van der Waals surface area contributed by atoms with E-state index < -0.39 is 0 Å². The van der Waals surface area contributed by atoms with Gasteiger partial charge in [0.05, 0.1) is 6.04 Å². The fourth-order valence-corrected chi connectivity index (χ4v) is 4.54. The van der Waals surface area contributed by atoms with Crippen LogP contribution in [0.5, 0.6) is 11.5 Å². The number of aromatic nitrogens is 1. The molecule has 0 radical (unpaired) electrons. The predicted molar refractivity (Wildman–Crippen MR) is 102 cm³/mol. The molecule has 0 aliphatic carbocycles. The Bertz CT molecular complexity index is 858. The summed E-state index contributed by atoms with van der Waals surface area (Å²) in [5.41, 5.74) is 3.52. The Balaban J connectivity index is 1.53. The highest BCUT2D eigenvalue weighted by atomic mass is 32.1. The van der Waals surface area contributed by atoms with Crippen LogP contribution < -0.4 is 14.8 Å². The van der Waals surface area contributed by atoms with Crippen molar-refractivity contribution < 1.29 is 9.47 Å². The first-order valence-electron chi connectivity index (χ1n) is 8.26. The van der Waals surface area contributed by atoms with Gasteiger partial charge in [0.25, 0.3) is 0 Å². The predicted octanol–water partition coefficient (Wildman–Crippen LogP) is 4.62. The van der Waals surface area contributed by atoms with Crippen molar-refractivity contribution in [3.8, 4) is 11.5 Å². The maximum atomic E-state index is 5.52.